The lowest BCUT2D eigenvalue weighted by molar-refractivity contribution is 0.102. The summed E-state index contributed by atoms with van der Waals surface area (Å²) < 4.78 is 3.33. The van der Waals surface area contributed by atoms with Crippen molar-refractivity contribution in [3.8, 4) is 0 Å². The molecule has 0 unspecified atom stereocenters. The van der Waals surface area contributed by atoms with Crippen LogP contribution >= 0.6 is 0 Å². The van der Waals surface area contributed by atoms with Gasteiger partial charge in [-0.15, -0.1) is 0 Å². The molecule has 0 fully saturated rings. The summed E-state index contributed by atoms with van der Waals surface area (Å²) in [5.74, 6) is -0.147. The Morgan fingerprint density at radius 2 is 2.14 bits per heavy atom. The summed E-state index contributed by atoms with van der Waals surface area (Å²) in [4.78, 5) is 15.7. The van der Waals surface area contributed by atoms with Crippen LogP contribution in [0.4, 0.5) is 0 Å². The Bertz CT molecular complexity index is 426. The largest absolute Gasteiger partial charge is 0.340 e. The number of imidazole rings is 1. The van der Waals surface area contributed by atoms with Gasteiger partial charge in [-0.2, -0.15) is 5.10 Å². The van der Waals surface area contributed by atoms with Gasteiger partial charge < -0.3 is 4.57 Å². The van der Waals surface area contributed by atoms with E-state index in [-0.39, 0.29) is 5.78 Å². The molecule has 0 radical (unpaired) electrons. The molecule has 5 nitrogen and oxygen atoms in total. The average molecular weight is 190 g/mol. The molecular formula is C9H10N4O. The van der Waals surface area contributed by atoms with Crippen molar-refractivity contribution in [3.05, 3.63) is 36.2 Å². The normalized spacial score (nSPS) is 10.4. The van der Waals surface area contributed by atoms with Gasteiger partial charge in [-0.05, 0) is 6.07 Å². The van der Waals surface area contributed by atoms with E-state index in [9.17, 15) is 4.79 Å². The van der Waals surface area contributed by atoms with Crippen LogP contribution < -0.4 is 0 Å². The number of hydrogen-bond acceptors (Lipinski definition) is 3. The van der Waals surface area contributed by atoms with E-state index in [0.29, 0.717) is 11.4 Å². The maximum atomic E-state index is 11.7. The van der Waals surface area contributed by atoms with Crippen molar-refractivity contribution < 1.29 is 4.79 Å². The fraction of sp³-hybridized carbons (Fsp3) is 0.222. The summed E-state index contributed by atoms with van der Waals surface area (Å²) in [6.45, 7) is 0. The number of hydrogen-bond donors (Lipinski definition) is 0. The van der Waals surface area contributed by atoms with Gasteiger partial charge >= 0.3 is 0 Å². The molecule has 72 valence electrons. The number of ketones is 1. The van der Waals surface area contributed by atoms with E-state index < -0.39 is 0 Å². The molecule has 5 heteroatoms. The van der Waals surface area contributed by atoms with Crippen LogP contribution in [0.1, 0.15) is 16.2 Å². The van der Waals surface area contributed by atoms with E-state index >= 15 is 0 Å². The lowest BCUT2D eigenvalue weighted by Crippen LogP contribution is -2.03. The smallest absolute Gasteiger partial charge is 0.233 e. The predicted molar refractivity (Wildman–Crippen MR) is 49.8 cm³/mol. The molecule has 0 aliphatic carbocycles. The van der Waals surface area contributed by atoms with Crippen molar-refractivity contribution in [2.75, 3.05) is 0 Å². The Hall–Kier alpha value is -1.91. The molecular weight excluding hydrogens is 180 g/mol. The van der Waals surface area contributed by atoms with Gasteiger partial charge in [-0.3, -0.25) is 9.48 Å². The first-order valence-corrected chi connectivity index (χ1v) is 4.19. The van der Waals surface area contributed by atoms with E-state index in [1.807, 2.05) is 7.05 Å². The first-order valence-electron chi connectivity index (χ1n) is 4.19. The maximum absolute atomic E-state index is 11.7. The molecule has 0 aromatic carbocycles. The van der Waals surface area contributed by atoms with Crippen molar-refractivity contribution in [1.82, 2.24) is 19.3 Å². The fourth-order valence-electron chi connectivity index (χ4n) is 1.20. The van der Waals surface area contributed by atoms with E-state index in [1.165, 1.54) is 0 Å². The molecule has 0 spiro atoms. The standard InChI is InChI=1S/C9H10N4O/c1-12-5-8(10-6-12)9(14)7-3-4-13(2)11-7/h3-6H,1-2H3. The van der Waals surface area contributed by atoms with Crippen molar-refractivity contribution in [3.63, 3.8) is 0 Å². The number of rotatable bonds is 2. The van der Waals surface area contributed by atoms with Crippen LogP contribution in [-0.4, -0.2) is 25.1 Å². The van der Waals surface area contributed by atoms with Crippen molar-refractivity contribution in [1.29, 1.82) is 0 Å². The summed E-state index contributed by atoms with van der Waals surface area (Å²) in [7, 11) is 3.59. The van der Waals surface area contributed by atoms with Crippen molar-refractivity contribution >= 4 is 5.78 Å². The predicted octanol–water partition coefficient (Wildman–Crippen LogP) is 0.385. The summed E-state index contributed by atoms with van der Waals surface area (Å²) >= 11 is 0. The average Bonchev–Trinajstić information content (AvgIpc) is 2.73. The molecule has 2 aromatic rings. The zero-order valence-corrected chi connectivity index (χ0v) is 8.01. The van der Waals surface area contributed by atoms with Crippen molar-refractivity contribution in [2.45, 2.75) is 0 Å². The monoisotopic (exact) mass is 190 g/mol. The molecule has 0 N–H and O–H groups in total. The Morgan fingerprint density at radius 3 is 2.64 bits per heavy atom. The summed E-state index contributed by atoms with van der Waals surface area (Å²) in [6, 6.07) is 1.68. The van der Waals surface area contributed by atoms with Crippen LogP contribution in [0.15, 0.2) is 24.8 Å². The van der Waals surface area contributed by atoms with Gasteiger partial charge in [0, 0.05) is 26.5 Å². The second-order valence-electron chi connectivity index (χ2n) is 3.13. The topological polar surface area (TPSA) is 52.7 Å². The molecule has 0 atom stereocenters. The first kappa shape index (κ1) is 8.68. The van der Waals surface area contributed by atoms with Gasteiger partial charge in [0.05, 0.1) is 6.33 Å². The van der Waals surface area contributed by atoms with Gasteiger partial charge in [0.2, 0.25) is 5.78 Å². The first-order chi connectivity index (χ1) is 6.66. The van der Waals surface area contributed by atoms with E-state index in [4.69, 9.17) is 0 Å². The highest BCUT2D eigenvalue weighted by Gasteiger charge is 2.13. The third-order valence-corrected chi connectivity index (χ3v) is 1.88. The van der Waals surface area contributed by atoms with Crippen LogP contribution in [0.5, 0.6) is 0 Å². The van der Waals surface area contributed by atoms with Gasteiger partial charge in [0.1, 0.15) is 11.4 Å². The summed E-state index contributed by atoms with van der Waals surface area (Å²) in [6.07, 6.45) is 5.00. The molecule has 2 rings (SSSR count). The van der Waals surface area contributed by atoms with Crippen LogP contribution in [0, 0.1) is 0 Å². The summed E-state index contributed by atoms with van der Waals surface area (Å²) in [5.41, 5.74) is 0.845. The minimum absolute atomic E-state index is 0.147. The zero-order chi connectivity index (χ0) is 10.1. The minimum Gasteiger partial charge on any atom is -0.340 e. The van der Waals surface area contributed by atoms with Gasteiger partial charge in [-0.1, -0.05) is 0 Å². The molecule has 0 amide bonds. The van der Waals surface area contributed by atoms with E-state index in [1.54, 1.807) is 41.1 Å². The molecule has 2 heterocycles. The van der Waals surface area contributed by atoms with Crippen LogP contribution in [0.2, 0.25) is 0 Å². The highest BCUT2D eigenvalue weighted by Crippen LogP contribution is 2.04. The molecule has 0 aliphatic rings. The molecule has 2 aromatic heterocycles. The fourth-order valence-corrected chi connectivity index (χ4v) is 1.20. The highest BCUT2D eigenvalue weighted by molar-refractivity contribution is 6.06. The molecule has 0 bridgehead atoms. The van der Waals surface area contributed by atoms with E-state index in [2.05, 4.69) is 10.1 Å². The van der Waals surface area contributed by atoms with Gasteiger partial charge in [-0.25, -0.2) is 4.98 Å². The molecule has 0 aliphatic heterocycles. The highest BCUT2D eigenvalue weighted by atomic mass is 16.1. The maximum Gasteiger partial charge on any atom is 0.233 e. The molecule has 14 heavy (non-hydrogen) atoms. The van der Waals surface area contributed by atoms with Crippen LogP contribution in [0.25, 0.3) is 0 Å². The number of carbonyl (C=O) groups is 1. The number of aryl methyl sites for hydroxylation is 2. The second-order valence-corrected chi connectivity index (χ2v) is 3.13. The molecule has 0 saturated heterocycles. The lowest BCUT2D eigenvalue weighted by Gasteiger charge is -1.90. The second kappa shape index (κ2) is 3.10. The van der Waals surface area contributed by atoms with Gasteiger partial charge in [0.25, 0.3) is 0 Å². The lowest BCUT2D eigenvalue weighted by atomic mass is 10.2. The third-order valence-electron chi connectivity index (χ3n) is 1.88. The minimum atomic E-state index is -0.147. The summed E-state index contributed by atoms with van der Waals surface area (Å²) in [5, 5.41) is 4.01. The van der Waals surface area contributed by atoms with Crippen LogP contribution in [-0.2, 0) is 14.1 Å². The number of nitrogens with zero attached hydrogens (tertiary/aromatic N) is 4. The SMILES string of the molecule is Cn1cnc(C(=O)c2ccn(C)n2)c1. The van der Waals surface area contributed by atoms with Crippen LogP contribution in [0.3, 0.4) is 0 Å². The Balaban J connectivity index is 2.33. The Kier molecular flexibility index (Phi) is 1.92. The van der Waals surface area contributed by atoms with E-state index in [0.717, 1.165) is 0 Å². The Morgan fingerprint density at radius 1 is 1.36 bits per heavy atom. The van der Waals surface area contributed by atoms with Gasteiger partial charge in [0.15, 0.2) is 0 Å². The number of aromatic nitrogens is 4. The quantitative estimate of drug-likeness (QED) is 0.643. The third kappa shape index (κ3) is 1.44. The number of carbonyl (C=O) groups excluding carboxylic acids is 1. The van der Waals surface area contributed by atoms with Crippen molar-refractivity contribution in [2.24, 2.45) is 14.1 Å². The molecule has 0 saturated carbocycles. The zero-order valence-electron chi connectivity index (χ0n) is 8.01. The Labute approximate surface area is 81.0 Å².